The van der Waals surface area contributed by atoms with E-state index in [0.29, 0.717) is 17.7 Å². The molecule has 1 aromatic heterocycles. The first-order valence-electron chi connectivity index (χ1n) is 7.00. The molecule has 2 aromatic carbocycles. The van der Waals surface area contributed by atoms with Crippen LogP contribution >= 0.6 is 0 Å². The molecule has 0 radical (unpaired) electrons. The van der Waals surface area contributed by atoms with Gasteiger partial charge in [-0.15, -0.1) is 0 Å². The molecule has 0 unspecified atom stereocenters. The van der Waals surface area contributed by atoms with Gasteiger partial charge in [-0.1, -0.05) is 30.3 Å². The van der Waals surface area contributed by atoms with Crippen LogP contribution in [0.2, 0.25) is 0 Å². The van der Waals surface area contributed by atoms with Gasteiger partial charge in [-0.2, -0.15) is 0 Å². The summed E-state index contributed by atoms with van der Waals surface area (Å²) in [5.74, 6) is -0.0925. The summed E-state index contributed by atoms with van der Waals surface area (Å²) in [6.45, 7) is 0.365. The second-order valence-electron chi connectivity index (χ2n) is 4.91. The minimum Gasteiger partial charge on any atom is -0.489 e. The van der Waals surface area contributed by atoms with Crippen molar-refractivity contribution in [3.05, 3.63) is 76.1 Å². The molecule has 0 saturated heterocycles. The topological polar surface area (TPSA) is 65.7 Å². The van der Waals surface area contributed by atoms with Crippen molar-refractivity contribution in [1.82, 2.24) is 0 Å². The Morgan fingerprint density at radius 1 is 1.09 bits per heavy atom. The number of rotatable bonds is 4. The number of esters is 1. The van der Waals surface area contributed by atoms with E-state index >= 15 is 0 Å². The van der Waals surface area contributed by atoms with E-state index in [1.807, 2.05) is 30.3 Å². The van der Waals surface area contributed by atoms with Crippen molar-refractivity contribution in [3.8, 4) is 5.75 Å². The fraction of sp³-hybridized carbons (Fsp3) is 0.111. The Balaban J connectivity index is 1.99. The van der Waals surface area contributed by atoms with Gasteiger partial charge in [-0.05, 0) is 23.8 Å². The zero-order chi connectivity index (χ0) is 16.2. The molecule has 0 saturated carbocycles. The third kappa shape index (κ3) is 3.23. The number of hydrogen-bond donors (Lipinski definition) is 0. The number of methoxy groups -OCH3 is 1. The van der Waals surface area contributed by atoms with Crippen LogP contribution in [0.1, 0.15) is 15.9 Å². The van der Waals surface area contributed by atoms with Gasteiger partial charge in [0.2, 0.25) is 0 Å². The maximum atomic E-state index is 11.9. The number of carbonyl (C=O) groups is 1. The highest BCUT2D eigenvalue weighted by Gasteiger charge is 2.15. The number of benzene rings is 2. The van der Waals surface area contributed by atoms with E-state index in [9.17, 15) is 9.59 Å². The number of ether oxygens (including phenoxy) is 2. The molecule has 0 N–H and O–H groups in total. The first kappa shape index (κ1) is 14.8. The Kier molecular flexibility index (Phi) is 4.10. The summed E-state index contributed by atoms with van der Waals surface area (Å²) in [6, 6.07) is 15.8. The van der Waals surface area contributed by atoms with E-state index in [1.54, 1.807) is 12.1 Å². The van der Waals surface area contributed by atoms with Crippen LogP contribution in [0.25, 0.3) is 11.0 Å². The monoisotopic (exact) mass is 310 g/mol. The van der Waals surface area contributed by atoms with Crippen LogP contribution in [0.5, 0.6) is 5.75 Å². The highest BCUT2D eigenvalue weighted by atomic mass is 16.5. The molecule has 116 valence electrons. The van der Waals surface area contributed by atoms with Gasteiger partial charge in [0, 0.05) is 11.5 Å². The normalized spacial score (nSPS) is 10.5. The SMILES string of the molecule is COC(=O)c1cc(OCc2ccccc2)cc2ccc(=O)oc12. The Morgan fingerprint density at radius 3 is 2.61 bits per heavy atom. The first-order valence-corrected chi connectivity index (χ1v) is 7.00. The molecule has 5 nitrogen and oxygen atoms in total. The lowest BCUT2D eigenvalue weighted by molar-refractivity contribution is 0.0601. The lowest BCUT2D eigenvalue weighted by Crippen LogP contribution is -2.06. The van der Waals surface area contributed by atoms with Crippen molar-refractivity contribution in [3.63, 3.8) is 0 Å². The molecule has 0 amide bonds. The fourth-order valence-electron chi connectivity index (χ4n) is 2.24. The molecule has 0 aliphatic carbocycles. The Bertz CT molecular complexity index is 896. The third-order valence-corrected chi connectivity index (χ3v) is 3.35. The largest absolute Gasteiger partial charge is 0.489 e. The highest BCUT2D eigenvalue weighted by molar-refractivity contribution is 6.02. The van der Waals surface area contributed by atoms with Gasteiger partial charge >= 0.3 is 11.6 Å². The van der Waals surface area contributed by atoms with Crippen molar-refractivity contribution in [2.24, 2.45) is 0 Å². The van der Waals surface area contributed by atoms with Crippen molar-refractivity contribution >= 4 is 16.9 Å². The summed E-state index contributed by atoms with van der Waals surface area (Å²) in [6.07, 6.45) is 0. The van der Waals surface area contributed by atoms with Crippen LogP contribution in [0, 0.1) is 0 Å². The van der Waals surface area contributed by atoms with Crippen LogP contribution in [-0.4, -0.2) is 13.1 Å². The maximum Gasteiger partial charge on any atom is 0.341 e. The summed E-state index contributed by atoms with van der Waals surface area (Å²) in [7, 11) is 1.27. The molecule has 23 heavy (non-hydrogen) atoms. The number of carbonyl (C=O) groups excluding carboxylic acids is 1. The highest BCUT2D eigenvalue weighted by Crippen LogP contribution is 2.25. The lowest BCUT2D eigenvalue weighted by Gasteiger charge is -2.10. The van der Waals surface area contributed by atoms with Crippen LogP contribution in [0.15, 0.2) is 63.8 Å². The van der Waals surface area contributed by atoms with Gasteiger partial charge in [0.15, 0.2) is 5.58 Å². The summed E-state index contributed by atoms with van der Waals surface area (Å²) in [5.41, 5.74) is 0.828. The molecule has 3 aromatic rings. The Labute approximate surface area is 132 Å². The number of fused-ring (bicyclic) bond motifs is 1. The molecule has 0 fully saturated rings. The summed E-state index contributed by atoms with van der Waals surface area (Å²) in [4.78, 5) is 23.3. The van der Waals surface area contributed by atoms with E-state index in [4.69, 9.17) is 13.9 Å². The molecule has 0 atom stereocenters. The maximum absolute atomic E-state index is 11.9. The van der Waals surface area contributed by atoms with Crippen molar-refractivity contribution in [2.75, 3.05) is 7.11 Å². The summed E-state index contributed by atoms with van der Waals surface area (Å²) < 4.78 is 15.6. The lowest BCUT2D eigenvalue weighted by atomic mass is 10.1. The van der Waals surface area contributed by atoms with Crippen LogP contribution < -0.4 is 10.4 Å². The zero-order valence-electron chi connectivity index (χ0n) is 12.4. The minimum atomic E-state index is -0.588. The van der Waals surface area contributed by atoms with Gasteiger partial charge in [-0.25, -0.2) is 9.59 Å². The quantitative estimate of drug-likeness (QED) is 0.547. The predicted molar refractivity (Wildman–Crippen MR) is 84.6 cm³/mol. The smallest absolute Gasteiger partial charge is 0.341 e. The van der Waals surface area contributed by atoms with Crippen LogP contribution in [-0.2, 0) is 11.3 Å². The van der Waals surface area contributed by atoms with Gasteiger partial charge in [0.05, 0.1) is 7.11 Å². The van der Waals surface area contributed by atoms with Crippen molar-refractivity contribution in [1.29, 1.82) is 0 Å². The fourth-order valence-corrected chi connectivity index (χ4v) is 2.24. The average Bonchev–Trinajstić information content (AvgIpc) is 2.59. The van der Waals surface area contributed by atoms with E-state index < -0.39 is 11.6 Å². The van der Waals surface area contributed by atoms with Gasteiger partial charge in [0.1, 0.15) is 17.9 Å². The molecule has 5 heteroatoms. The van der Waals surface area contributed by atoms with Gasteiger partial charge in [0.25, 0.3) is 0 Å². The standard InChI is InChI=1S/C18H14O5/c1-21-18(20)15-10-14(22-11-12-5-3-2-4-6-12)9-13-7-8-16(19)23-17(13)15/h2-10H,11H2,1H3. The zero-order valence-corrected chi connectivity index (χ0v) is 12.4. The van der Waals surface area contributed by atoms with Crippen molar-refractivity contribution in [2.45, 2.75) is 6.61 Å². The van der Waals surface area contributed by atoms with Gasteiger partial charge < -0.3 is 13.9 Å². The van der Waals surface area contributed by atoms with E-state index in [1.165, 1.54) is 19.2 Å². The predicted octanol–water partition coefficient (Wildman–Crippen LogP) is 3.16. The molecule has 3 rings (SSSR count). The van der Waals surface area contributed by atoms with Crippen LogP contribution in [0.3, 0.4) is 0 Å². The molecular formula is C18H14O5. The van der Waals surface area contributed by atoms with Gasteiger partial charge in [-0.3, -0.25) is 0 Å². The Hall–Kier alpha value is -3.08. The van der Waals surface area contributed by atoms with E-state index in [2.05, 4.69) is 0 Å². The average molecular weight is 310 g/mol. The Morgan fingerprint density at radius 2 is 1.87 bits per heavy atom. The minimum absolute atomic E-state index is 0.158. The molecule has 0 aliphatic rings. The molecule has 1 heterocycles. The first-order chi connectivity index (χ1) is 11.2. The van der Waals surface area contributed by atoms with E-state index in [0.717, 1.165) is 5.56 Å². The summed E-state index contributed by atoms with van der Waals surface area (Å²) in [5, 5.41) is 0.593. The second-order valence-corrected chi connectivity index (χ2v) is 4.91. The molecular weight excluding hydrogens is 296 g/mol. The summed E-state index contributed by atoms with van der Waals surface area (Å²) >= 11 is 0. The molecule has 0 spiro atoms. The van der Waals surface area contributed by atoms with Crippen LogP contribution in [0.4, 0.5) is 0 Å². The second kappa shape index (κ2) is 6.36. The van der Waals surface area contributed by atoms with Crippen molar-refractivity contribution < 1.29 is 18.7 Å². The third-order valence-electron chi connectivity index (χ3n) is 3.35. The number of hydrogen-bond acceptors (Lipinski definition) is 5. The van der Waals surface area contributed by atoms with E-state index in [-0.39, 0.29) is 11.1 Å². The molecule has 0 bridgehead atoms. The molecule has 0 aliphatic heterocycles.